The largest absolute Gasteiger partial charge is 0.494 e. The first kappa shape index (κ1) is 24.5. The summed E-state index contributed by atoms with van der Waals surface area (Å²) in [7, 11) is 1.66. The molecule has 2 aromatic carbocycles. The van der Waals surface area contributed by atoms with Crippen LogP contribution < -0.4 is 9.64 Å². The number of fused-ring (bicyclic) bond motifs is 1. The lowest BCUT2D eigenvalue weighted by atomic mass is 10.1. The van der Waals surface area contributed by atoms with Crippen molar-refractivity contribution in [3.8, 4) is 5.75 Å². The second-order valence-electron chi connectivity index (χ2n) is 7.77. The van der Waals surface area contributed by atoms with E-state index in [2.05, 4.69) is 11.8 Å². The van der Waals surface area contributed by atoms with Crippen LogP contribution >= 0.6 is 23.7 Å². The van der Waals surface area contributed by atoms with Crippen LogP contribution in [0.4, 0.5) is 5.13 Å². The summed E-state index contributed by atoms with van der Waals surface area (Å²) in [5.74, 6) is 0.815. The van der Waals surface area contributed by atoms with Crippen LogP contribution in [0.1, 0.15) is 17.5 Å². The van der Waals surface area contributed by atoms with Crippen molar-refractivity contribution >= 4 is 45.0 Å². The number of thiazole rings is 1. The van der Waals surface area contributed by atoms with E-state index in [0.717, 1.165) is 71.5 Å². The van der Waals surface area contributed by atoms with Crippen molar-refractivity contribution in [1.29, 1.82) is 0 Å². The van der Waals surface area contributed by atoms with Gasteiger partial charge >= 0.3 is 0 Å². The molecule has 32 heavy (non-hydrogen) atoms. The number of rotatable bonds is 8. The minimum absolute atomic E-state index is 0. The molecule has 0 aliphatic carbocycles. The third kappa shape index (κ3) is 5.78. The fourth-order valence-electron chi connectivity index (χ4n) is 3.85. The number of ether oxygens (including phenoxy) is 2. The molecule has 1 amide bonds. The van der Waals surface area contributed by atoms with Crippen LogP contribution in [0.3, 0.4) is 0 Å². The van der Waals surface area contributed by atoms with Gasteiger partial charge in [-0.2, -0.15) is 0 Å². The maximum Gasteiger partial charge on any atom is 0.233 e. The smallest absolute Gasteiger partial charge is 0.233 e. The molecule has 4 rings (SSSR count). The van der Waals surface area contributed by atoms with Gasteiger partial charge in [0.15, 0.2) is 5.13 Å². The maximum absolute atomic E-state index is 13.3. The minimum atomic E-state index is 0. The summed E-state index contributed by atoms with van der Waals surface area (Å²) >= 11 is 1.57. The Morgan fingerprint density at radius 3 is 2.66 bits per heavy atom. The molecule has 0 N–H and O–H groups in total. The van der Waals surface area contributed by atoms with Crippen LogP contribution in [0, 0.1) is 6.92 Å². The fourth-order valence-corrected chi connectivity index (χ4v) is 4.94. The number of aromatic nitrogens is 1. The van der Waals surface area contributed by atoms with Gasteiger partial charge in [-0.3, -0.25) is 14.6 Å². The lowest BCUT2D eigenvalue weighted by Crippen LogP contribution is -2.39. The molecule has 0 saturated carbocycles. The molecule has 1 saturated heterocycles. The second kappa shape index (κ2) is 11.6. The van der Waals surface area contributed by atoms with Crippen LogP contribution in [0.15, 0.2) is 42.5 Å². The maximum atomic E-state index is 13.3. The Bertz CT molecular complexity index is 1020. The first-order valence-corrected chi connectivity index (χ1v) is 11.6. The molecule has 1 aliphatic heterocycles. The molecular formula is C24H30ClN3O3S. The zero-order valence-electron chi connectivity index (χ0n) is 18.6. The van der Waals surface area contributed by atoms with Crippen LogP contribution in [-0.2, 0) is 16.0 Å². The molecule has 1 aromatic heterocycles. The Hall–Kier alpha value is -2.19. The van der Waals surface area contributed by atoms with Gasteiger partial charge < -0.3 is 9.47 Å². The standard InChI is InChI=1S/C24H29N3O3S.ClH/c1-18-9-10-20(29-2)22-23(18)31-24(25-22)27(12-6-11-26-13-15-30-16-14-26)21(28)17-19-7-4-3-5-8-19;/h3-5,7-10H,6,11-17H2,1-2H3;1H. The minimum Gasteiger partial charge on any atom is -0.494 e. The van der Waals surface area contributed by atoms with Gasteiger partial charge in [0, 0.05) is 26.2 Å². The van der Waals surface area contributed by atoms with Gasteiger partial charge in [0.1, 0.15) is 11.3 Å². The number of methoxy groups -OCH3 is 1. The SMILES string of the molecule is COc1ccc(C)c2sc(N(CCCN3CCOCC3)C(=O)Cc3ccccc3)nc12.Cl. The Morgan fingerprint density at radius 2 is 1.94 bits per heavy atom. The summed E-state index contributed by atoms with van der Waals surface area (Å²) in [6.07, 6.45) is 1.26. The lowest BCUT2D eigenvalue weighted by Gasteiger charge is -2.27. The van der Waals surface area contributed by atoms with Crippen molar-refractivity contribution in [2.24, 2.45) is 0 Å². The van der Waals surface area contributed by atoms with Crippen molar-refractivity contribution in [2.75, 3.05) is 51.4 Å². The Labute approximate surface area is 199 Å². The van der Waals surface area contributed by atoms with E-state index in [0.29, 0.717) is 13.0 Å². The topological polar surface area (TPSA) is 54.9 Å². The molecule has 172 valence electrons. The van der Waals surface area contributed by atoms with E-state index in [9.17, 15) is 4.79 Å². The number of hydrogen-bond donors (Lipinski definition) is 0. The Kier molecular flexibility index (Phi) is 8.87. The van der Waals surface area contributed by atoms with E-state index in [-0.39, 0.29) is 18.3 Å². The monoisotopic (exact) mass is 475 g/mol. The van der Waals surface area contributed by atoms with E-state index in [1.54, 1.807) is 18.4 Å². The summed E-state index contributed by atoms with van der Waals surface area (Å²) in [6, 6.07) is 13.9. The highest BCUT2D eigenvalue weighted by molar-refractivity contribution is 7.22. The molecule has 0 unspecified atom stereocenters. The molecule has 6 nitrogen and oxygen atoms in total. The van der Waals surface area contributed by atoms with Crippen LogP contribution in [-0.4, -0.2) is 62.3 Å². The average Bonchev–Trinajstić information content (AvgIpc) is 3.24. The molecule has 0 atom stereocenters. The predicted molar refractivity (Wildman–Crippen MR) is 133 cm³/mol. The summed E-state index contributed by atoms with van der Waals surface area (Å²) in [4.78, 5) is 22.4. The van der Waals surface area contributed by atoms with Gasteiger partial charge in [0.2, 0.25) is 5.91 Å². The molecule has 0 radical (unpaired) electrons. The summed E-state index contributed by atoms with van der Waals surface area (Å²) in [5, 5.41) is 0.741. The first-order valence-electron chi connectivity index (χ1n) is 10.7. The number of benzene rings is 2. The van der Waals surface area contributed by atoms with Crippen molar-refractivity contribution < 1.29 is 14.3 Å². The zero-order valence-corrected chi connectivity index (χ0v) is 20.2. The quantitative estimate of drug-likeness (QED) is 0.485. The van der Waals surface area contributed by atoms with E-state index in [4.69, 9.17) is 14.5 Å². The van der Waals surface area contributed by atoms with Gasteiger partial charge in [0.05, 0.1) is 31.4 Å². The van der Waals surface area contributed by atoms with Gasteiger partial charge in [-0.05, 0) is 30.5 Å². The number of carbonyl (C=O) groups excluding carboxylic acids is 1. The molecule has 1 fully saturated rings. The summed E-state index contributed by atoms with van der Waals surface area (Å²) in [5.41, 5.74) is 2.98. The number of hydrogen-bond acceptors (Lipinski definition) is 6. The number of halogens is 1. The number of anilines is 1. The fraction of sp³-hybridized carbons (Fsp3) is 0.417. The lowest BCUT2D eigenvalue weighted by molar-refractivity contribution is -0.118. The molecule has 2 heterocycles. The van der Waals surface area contributed by atoms with Crippen LogP contribution in [0.5, 0.6) is 5.75 Å². The molecule has 1 aliphatic rings. The highest BCUT2D eigenvalue weighted by atomic mass is 35.5. The van der Waals surface area contributed by atoms with Gasteiger partial charge in [-0.1, -0.05) is 47.7 Å². The number of carbonyl (C=O) groups is 1. The van der Waals surface area contributed by atoms with Crippen molar-refractivity contribution in [2.45, 2.75) is 19.8 Å². The number of morpholine rings is 1. The second-order valence-corrected chi connectivity index (χ2v) is 8.75. The van der Waals surface area contributed by atoms with Crippen LogP contribution in [0.25, 0.3) is 10.2 Å². The third-order valence-corrected chi connectivity index (χ3v) is 6.82. The number of aryl methyl sites for hydroxylation is 1. The first-order chi connectivity index (χ1) is 15.2. The molecule has 0 bridgehead atoms. The third-order valence-electron chi connectivity index (χ3n) is 5.60. The highest BCUT2D eigenvalue weighted by Crippen LogP contribution is 2.36. The van der Waals surface area contributed by atoms with Crippen molar-refractivity contribution in [3.05, 3.63) is 53.6 Å². The summed E-state index contributed by atoms with van der Waals surface area (Å²) in [6.45, 7) is 7.14. The predicted octanol–water partition coefficient (Wildman–Crippen LogP) is 4.33. The average molecular weight is 476 g/mol. The molecule has 3 aromatic rings. The van der Waals surface area contributed by atoms with E-state index < -0.39 is 0 Å². The zero-order chi connectivity index (χ0) is 21.6. The van der Waals surface area contributed by atoms with E-state index in [1.165, 1.54) is 0 Å². The summed E-state index contributed by atoms with van der Waals surface area (Å²) < 4.78 is 12.0. The Morgan fingerprint density at radius 1 is 1.19 bits per heavy atom. The normalized spacial score (nSPS) is 14.2. The molecule has 8 heteroatoms. The van der Waals surface area contributed by atoms with Crippen molar-refractivity contribution in [1.82, 2.24) is 9.88 Å². The van der Waals surface area contributed by atoms with Gasteiger partial charge in [-0.25, -0.2) is 4.98 Å². The highest BCUT2D eigenvalue weighted by Gasteiger charge is 2.22. The van der Waals surface area contributed by atoms with Gasteiger partial charge in [0.25, 0.3) is 0 Å². The molecular weight excluding hydrogens is 446 g/mol. The number of nitrogens with zero attached hydrogens (tertiary/aromatic N) is 3. The molecule has 0 spiro atoms. The van der Waals surface area contributed by atoms with E-state index in [1.807, 2.05) is 47.4 Å². The van der Waals surface area contributed by atoms with Gasteiger partial charge in [-0.15, -0.1) is 12.4 Å². The van der Waals surface area contributed by atoms with E-state index >= 15 is 0 Å². The number of amides is 1. The Balaban J connectivity index is 0.00000289. The van der Waals surface area contributed by atoms with Crippen LogP contribution in [0.2, 0.25) is 0 Å². The van der Waals surface area contributed by atoms with Crippen molar-refractivity contribution in [3.63, 3.8) is 0 Å².